The largest absolute Gasteiger partial charge is 0.399 e. The summed E-state index contributed by atoms with van der Waals surface area (Å²) in [5.74, 6) is 1.79. The smallest absolute Gasteiger partial charge is 0.212 e. The Labute approximate surface area is 135 Å². The average Bonchev–Trinajstić information content (AvgIpc) is 2.84. The second kappa shape index (κ2) is 7.26. The number of thioether (sulfide) groups is 2. The van der Waals surface area contributed by atoms with Crippen molar-refractivity contribution in [1.29, 1.82) is 0 Å². The highest BCUT2D eigenvalue weighted by Crippen LogP contribution is 2.37. The van der Waals surface area contributed by atoms with Gasteiger partial charge in [-0.05, 0) is 43.7 Å². The molecule has 2 rings (SSSR count). The highest BCUT2D eigenvalue weighted by Gasteiger charge is 2.30. The van der Waals surface area contributed by atoms with Crippen molar-refractivity contribution < 1.29 is 8.42 Å². The highest BCUT2D eigenvalue weighted by molar-refractivity contribution is 8.01. The van der Waals surface area contributed by atoms with E-state index in [-0.39, 0.29) is 10.5 Å². The zero-order valence-electron chi connectivity index (χ0n) is 12.2. The second-order valence-electron chi connectivity index (χ2n) is 5.46. The summed E-state index contributed by atoms with van der Waals surface area (Å²) in [5.41, 5.74) is 6.40. The van der Waals surface area contributed by atoms with Crippen molar-refractivity contribution in [2.24, 2.45) is 0 Å². The first kappa shape index (κ1) is 17.0. The quantitative estimate of drug-likeness (QED) is 0.586. The number of rotatable bonds is 7. The number of nitrogens with two attached hydrogens (primary N) is 1. The number of nitrogens with one attached hydrogen (secondary N) is 1. The molecular weight excluding hydrogens is 324 g/mol. The van der Waals surface area contributed by atoms with Crippen molar-refractivity contribution in [3.63, 3.8) is 0 Å². The first-order valence-corrected chi connectivity index (χ1v) is 10.6. The first-order valence-electron chi connectivity index (χ1n) is 6.98. The van der Waals surface area contributed by atoms with Crippen LogP contribution in [0.1, 0.15) is 19.8 Å². The standard InChI is InChI=1S/C14H22N2O2S3/c1-14(6-3-7-20-14)11-16-21(17,18)9-8-19-13-5-2-4-12(15)10-13/h2,4-5,10,16H,3,6-9,11,15H2,1H3. The lowest BCUT2D eigenvalue weighted by molar-refractivity contribution is 0.553. The van der Waals surface area contributed by atoms with Crippen LogP contribution < -0.4 is 10.5 Å². The molecule has 0 saturated carbocycles. The van der Waals surface area contributed by atoms with Crippen molar-refractivity contribution in [3.8, 4) is 0 Å². The molecule has 1 fully saturated rings. The van der Waals surface area contributed by atoms with Crippen molar-refractivity contribution in [1.82, 2.24) is 4.72 Å². The van der Waals surface area contributed by atoms with Gasteiger partial charge in [-0.25, -0.2) is 13.1 Å². The third-order valence-corrected chi connectivity index (χ3v) is 7.56. The number of benzene rings is 1. The maximum atomic E-state index is 12.0. The van der Waals surface area contributed by atoms with E-state index in [1.165, 1.54) is 18.2 Å². The molecule has 0 aliphatic carbocycles. The monoisotopic (exact) mass is 346 g/mol. The molecule has 0 bridgehead atoms. The van der Waals surface area contributed by atoms with Crippen LogP contribution in [0.4, 0.5) is 5.69 Å². The van der Waals surface area contributed by atoms with Gasteiger partial charge >= 0.3 is 0 Å². The minimum absolute atomic E-state index is 0.0636. The Morgan fingerprint density at radius 2 is 2.29 bits per heavy atom. The van der Waals surface area contributed by atoms with E-state index in [2.05, 4.69) is 11.6 Å². The van der Waals surface area contributed by atoms with Crippen LogP contribution in [0.5, 0.6) is 0 Å². The van der Waals surface area contributed by atoms with Crippen molar-refractivity contribution >= 4 is 39.2 Å². The van der Waals surface area contributed by atoms with E-state index in [0.29, 0.717) is 18.0 Å². The molecule has 1 aromatic carbocycles. The molecule has 1 aliphatic heterocycles. The molecule has 1 saturated heterocycles. The number of nitrogen functional groups attached to an aromatic ring is 1. The summed E-state index contributed by atoms with van der Waals surface area (Å²) >= 11 is 3.38. The van der Waals surface area contributed by atoms with Gasteiger partial charge in [-0.15, -0.1) is 11.8 Å². The van der Waals surface area contributed by atoms with E-state index in [1.54, 1.807) is 0 Å². The topological polar surface area (TPSA) is 72.2 Å². The summed E-state index contributed by atoms with van der Waals surface area (Å²) < 4.78 is 26.9. The van der Waals surface area contributed by atoms with Crippen LogP contribution >= 0.6 is 23.5 Å². The summed E-state index contributed by atoms with van der Waals surface area (Å²) in [5, 5.41) is 0. The van der Waals surface area contributed by atoms with Crippen molar-refractivity contribution in [3.05, 3.63) is 24.3 Å². The molecule has 7 heteroatoms. The van der Waals surface area contributed by atoms with Crippen LogP contribution in [0, 0.1) is 0 Å². The maximum absolute atomic E-state index is 12.0. The molecule has 1 unspecified atom stereocenters. The minimum atomic E-state index is -3.20. The lowest BCUT2D eigenvalue weighted by atomic mass is 10.1. The second-order valence-corrected chi connectivity index (χ2v) is 10.2. The summed E-state index contributed by atoms with van der Waals surface area (Å²) in [6.45, 7) is 2.66. The molecule has 0 radical (unpaired) electrons. The molecule has 1 aromatic rings. The zero-order chi connectivity index (χ0) is 15.3. The van der Waals surface area contributed by atoms with Gasteiger partial charge in [-0.1, -0.05) is 6.07 Å². The molecule has 0 amide bonds. The van der Waals surface area contributed by atoms with Crippen LogP contribution in [0.25, 0.3) is 0 Å². The van der Waals surface area contributed by atoms with Gasteiger partial charge in [0.2, 0.25) is 10.0 Å². The minimum Gasteiger partial charge on any atom is -0.399 e. The summed E-state index contributed by atoms with van der Waals surface area (Å²) in [4.78, 5) is 1.00. The Balaban J connectivity index is 1.76. The SMILES string of the molecule is CC1(CNS(=O)(=O)CCSc2cccc(N)c2)CCCS1. The average molecular weight is 347 g/mol. The fourth-order valence-corrected chi connectivity index (χ4v) is 6.04. The summed E-state index contributed by atoms with van der Waals surface area (Å²) in [6.07, 6.45) is 2.26. The number of hydrogen-bond donors (Lipinski definition) is 2. The molecule has 0 spiro atoms. The Kier molecular flexibility index (Phi) is 5.88. The third kappa shape index (κ3) is 5.73. The maximum Gasteiger partial charge on any atom is 0.212 e. The molecule has 3 N–H and O–H groups in total. The Hall–Kier alpha value is -0.370. The Morgan fingerprint density at radius 1 is 1.48 bits per heavy atom. The zero-order valence-corrected chi connectivity index (χ0v) is 14.6. The van der Waals surface area contributed by atoms with Crippen molar-refractivity contribution in [2.45, 2.75) is 29.4 Å². The number of sulfonamides is 1. The Morgan fingerprint density at radius 3 is 2.95 bits per heavy atom. The summed E-state index contributed by atoms with van der Waals surface area (Å²) in [7, 11) is -3.20. The van der Waals surface area contributed by atoms with E-state index in [9.17, 15) is 8.42 Å². The molecular formula is C14H22N2O2S3. The van der Waals surface area contributed by atoms with Gasteiger partial charge in [0.05, 0.1) is 5.75 Å². The third-order valence-electron chi connectivity index (χ3n) is 3.45. The molecule has 0 aromatic heterocycles. The van der Waals surface area contributed by atoms with E-state index in [0.717, 1.165) is 17.1 Å². The molecule has 21 heavy (non-hydrogen) atoms. The molecule has 1 heterocycles. The van der Waals surface area contributed by atoms with E-state index >= 15 is 0 Å². The molecule has 118 valence electrons. The van der Waals surface area contributed by atoms with Crippen LogP contribution in [0.15, 0.2) is 29.2 Å². The lowest BCUT2D eigenvalue weighted by Gasteiger charge is -2.22. The van der Waals surface area contributed by atoms with Gasteiger partial charge in [0.1, 0.15) is 0 Å². The van der Waals surface area contributed by atoms with Gasteiger partial charge in [0.15, 0.2) is 0 Å². The number of anilines is 1. The number of hydrogen-bond acceptors (Lipinski definition) is 5. The predicted molar refractivity (Wildman–Crippen MR) is 93.5 cm³/mol. The van der Waals surface area contributed by atoms with E-state index in [4.69, 9.17) is 5.73 Å². The van der Waals surface area contributed by atoms with Crippen LogP contribution in [-0.4, -0.2) is 37.0 Å². The lowest BCUT2D eigenvalue weighted by Crippen LogP contribution is -2.38. The van der Waals surface area contributed by atoms with Gasteiger partial charge in [0, 0.05) is 27.6 Å². The fraction of sp³-hybridized carbons (Fsp3) is 0.571. The van der Waals surface area contributed by atoms with Gasteiger partial charge in [-0.2, -0.15) is 11.8 Å². The van der Waals surface area contributed by atoms with Gasteiger partial charge in [-0.3, -0.25) is 0 Å². The normalized spacial score (nSPS) is 22.5. The Bertz CT molecular complexity index is 569. The van der Waals surface area contributed by atoms with Crippen LogP contribution in [0.2, 0.25) is 0 Å². The molecule has 1 atom stereocenters. The first-order chi connectivity index (χ1) is 9.89. The van der Waals surface area contributed by atoms with Gasteiger partial charge in [0.25, 0.3) is 0 Å². The van der Waals surface area contributed by atoms with Crippen LogP contribution in [-0.2, 0) is 10.0 Å². The predicted octanol–water partition coefficient (Wildman–Crippen LogP) is 2.57. The van der Waals surface area contributed by atoms with E-state index in [1.807, 2.05) is 36.0 Å². The van der Waals surface area contributed by atoms with Crippen LogP contribution in [0.3, 0.4) is 0 Å². The highest BCUT2D eigenvalue weighted by atomic mass is 32.2. The van der Waals surface area contributed by atoms with Gasteiger partial charge < -0.3 is 5.73 Å². The van der Waals surface area contributed by atoms with E-state index < -0.39 is 10.0 Å². The van der Waals surface area contributed by atoms with Crippen molar-refractivity contribution in [2.75, 3.05) is 29.5 Å². The fourth-order valence-electron chi connectivity index (χ4n) is 2.18. The summed E-state index contributed by atoms with van der Waals surface area (Å²) in [6, 6.07) is 7.50. The molecule has 4 nitrogen and oxygen atoms in total. The molecule has 1 aliphatic rings.